The molecule has 1 fully saturated rings. The summed E-state index contributed by atoms with van der Waals surface area (Å²) in [6, 6.07) is 13.3. The van der Waals surface area contributed by atoms with Gasteiger partial charge in [-0.3, -0.25) is 14.5 Å². The monoisotopic (exact) mass is 474 g/mol. The average Bonchev–Trinajstić information content (AvgIpc) is 3.16. The molecular formula is C22H23ClN4O2S2. The number of carbonyl (C=O) groups excluding carboxylic acids is 2. The minimum absolute atomic E-state index is 0.0554. The summed E-state index contributed by atoms with van der Waals surface area (Å²) in [4.78, 5) is 31.4. The van der Waals surface area contributed by atoms with E-state index in [-0.39, 0.29) is 17.6 Å². The fourth-order valence-electron chi connectivity index (χ4n) is 3.67. The molecule has 162 valence electrons. The number of piperidine rings is 1. The lowest BCUT2D eigenvalue weighted by Crippen LogP contribution is -2.38. The summed E-state index contributed by atoms with van der Waals surface area (Å²) in [5.74, 6) is 0.157. The van der Waals surface area contributed by atoms with Crippen LogP contribution in [0.4, 0.5) is 5.69 Å². The third-order valence-corrected chi connectivity index (χ3v) is 7.73. The number of nitrogens with one attached hydrogen (secondary N) is 1. The molecule has 2 heterocycles. The lowest BCUT2D eigenvalue weighted by Gasteiger charge is -2.30. The number of nitrogens with zero attached hydrogens (tertiary/aromatic N) is 2. The van der Waals surface area contributed by atoms with E-state index in [0.717, 1.165) is 46.1 Å². The van der Waals surface area contributed by atoms with Crippen molar-refractivity contribution in [1.29, 1.82) is 0 Å². The Morgan fingerprint density at radius 2 is 2.00 bits per heavy atom. The number of anilines is 1. The summed E-state index contributed by atoms with van der Waals surface area (Å²) >= 11 is 9.14. The van der Waals surface area contributed by atoms with Crippen LogP contribution >= 0.6 is 34.7 Å². The Morgan fingerprint density at radius 3 is 2.77 bits per heavy atom. The number of nitrogens with two attached hydrogens (primary N) is 1. The van der Waals surface area contributed by atoms with Gasteiger partial charge in [0.05, 0.1) is 33.2 Å². The Labute approximate surface area is 194 Å². The lowest BCUT2D eigenvalue weighted by molar-refractivity contribution is -0.117. The van der Waals surface area contributed by atoms with Crippen LogP contribution in [-0.2, 0) is 9.59 Å². The maximum atomic E-state index is 12.6. The highest BCUT2D eigenvalue weighted by molar-refractivity contribution is 8.00. The van der Waals surface area contributed by atoms with Gasteiger partial charge in [-0.05, 0) is 56.3 Å². The van der Waals surface area contributed by atoms with Gasteiger partial charge in [0.15, 0.2) is 0 Å². The van der Waals surface area contributed by atoms with Crippen molar-refractivity contribution in [1.82, 2.24) is 9.88 Å². The van der Waals surface area contributed by atoms with Gasteiger partial charge < -0.3 is 11.1 Å². The summed E-state index contributed by atoms with van der Waals surface area (Å²) in [5, 5.41) is 4.83. The van der Waals surface area contributed by atoms with E-state index in [1.165, 1.54) is 11.8 Å². The predicted molar refractivity (Wildman–Crippen MR) is 128 cm³/mol. The van der Waals surface area contributed by atoms with E-state index in [0.29, 0.717) is 23.2 Å². The van der Waals surface area contributed by atoms with Crippen molar-refractivity contribution in [2.45, 2.75) is 23.7 Å². The number of rotatable bonds is 7. The molecule has 6 nitrogen and oxygen atoms in total. The Bertz CT molecular complexity index is 1100. The number of carbonyl (C=O) groups is 2. The molecule has 0 unspecified atom stereocenters. The number of benzene rings is 2. The molecule has 0 aliphatic carbocycles. The zero-order chi connectivity index (χ0) is 21.8. The number of amides is 2. The smallest absolute Gasteiger partial charge is 0.238 e. The van der Waals surface area contributed by atoms with E-state index in [2.05, 4.69) is 10.2 Å². The fourth-order valence-corrected chi connectivity index (χ4v) is 5.70. The van der Waals surface area contributed by atoms with Gasteiger partial charge in [-0.1, -0.05) is 23.7 Å². The van der Waals surface area contributed by atoms with Crippen molar-refractivity contribution in [2.75, 3.05) is 30.7 Å². The van der Waals surface area contributed by atoms with Crippen LogP contribution in [-0.4, -0.2) is 47.1 Å². The van der Waals surface area contributed by atoms with Crippen LogP contribution in [0.3, 0.4) is 0 Å². The van der Waals surface area contributed by atoms with Crippen molar-refractivity contribution < 1.29 is 9.59 Å². The van der Waals surface area contributed by atoms with Crippen LogP contribution in [0.15, 0.2) is 47.4 Å². The molecule has 0 radical (unpaired) electrons. The van der Waals surface area contributed by atoms with Gasteiger partial charge in [0.25, 0.3) is 0 Å². The SMILES string of the molecule is NC(=O)CSc1ccccc1NC(=O)CN1CCC(c2nc3cc(Cl)ccc3s2)CC1. The first-order valence-corrected chi connectivity index (χ1v) is 12.2. The zero-order valence-corrected chi connectivity index (χ0v) is 19.2. The highest BCUT2D eigenvalue weighted by Crippen LogP contribution is 2.34. The molecule has 1 aromatic heterocycles. The second-order valence-corrected chi connectivity index (χ2v) is 10.0. The molecule has 4 rings (SSSR count). The Hall–Kier alpha value is -2.13. The lowest BCUT2D eigenvalue weighted by atomic mass is 9.97. The number of hydrogen-bond donors (Lipinski definition) is 2. The van der Waals surface area contributed by atoms with Gasteiger partial charge in [0.1, 0.15) is 0 Å². The molecule has 1 saturated heterocycles. The molecule has 3 aromatic rings. The number of fused-ring (bicyclic) bond motifs is 1. The number of aromatic nitrogens is 1. The zero-order valence-electron chi connectivity index (χ0n) is 16.8. The molecule has 3 N–H and O–H groups in total. The number of hydrogen-bond acceptors (Lipinski definition) is 6. The molecule has 1 aliphatic rings. The molecule has 1 aliphatic heterocycles. The summed E-state index contributed by atoms with van der Waals surface area (Å²) in [6.45, 7) is 2.05. The summed E-state index contributed by atoms with van der Waals surface area (Å²) in [6.07, 6.45) is 1.96. The predicted octanol–water partition coefficient (Wildman–Crippen LogP) is 4.35. The summed E-state index contributed by atoms with van der Waals surface area (Å²) in [5.41, 5.74) is 6.90. The molecule has 2 amide bonds. The summed E-state index contributed by atoms with van der Waals surface area (Å²) in [7, 11) is 0. The largest absolute Gasteiger partial charge is 0.369 e. The third kappa shape index (κ3) is 5.77. The molecular weight excluding hydrogens is 452 g/mol. The van der Waals surface area contributed by atoms with Crippen molar-refractivity contribution in [3.8, 4) is 0 Å². The van der Waals surface area contributed by atoms with Crippen LogP contribution in [0.2, 0.25) is 5.02 Å². The number of thiazole rings is 1. The molecule has 0 atom stereocenters. The number of halogens is 1. The van der Waals surface area contributed by atoms with Crippen molar-refractivity contribution >= 4 is 62.4 Å². The molecule has 0 saturated carbocycles. The van der Waals surface area contributed by atoms with Gasteiger partial charge in [0.2, 0.25) is 11.8 Å². The van der Waals surface area contributed by atoms with E-state index >= 15 is 0 Å². The van der Waals surface area contributed by atoms with Crippen molar-refractivity contribution in [3.63, 3.8) is 0 Å². The van der Waals surface area contributed by atoms with Gasteiger partial charge in [-0.15, -0.1) is 23.1 Å². The van der Waals surface area contributed by atoms with Crippen LogP contribution in [0.5, 0.6) is 0 Å². The second-order valence-electron chi connectivity index (χ2n) is 7.51. The van der Waals surface area contributed by atoms with E-state index < -0.39 is 0 Å². The minimum atomic E-state index is -0.384. The highest BCUT2D eigenvalue weighted by Gasteiger charge is 2.24. The topological polar surface area (TPSA) is 88.3 Å². The minimum Gasteiger partial charge on any atom is -0.369 e. The molecule has 0 spiro atoms. The molecule has 2 aromatic carbocycles. The Morgan fingerprint density at radius 1 is 1.23 bits per heavy atom. The first kappa shape index (κ1) is 22.1. The van der Waals surface area contributed by atoms with Crippen LogP contribution < -0.4 is 11.1 Å². The average molecular weight is 475 g/mol. The first-order chi connectivity index (χ1) is 15.0. The maximum Gasteiger partial charge on any atom is 0.238 e. The number of para-hydroxylation sites is 1. The Balaban J connectivity index is 1.30. The van der Waals surface area contributed by atoms with Crippen LogP contribution in [0.25, 0.3) is 10.2 Å². The molecule has 31 heavy (non-hydrogen) atoms. The normalized spacial score (nSPS) is 15.3. The van der Waals surface area contributed by atoms with E-state index in [1.54, 1.807) is 11.3 Å². The quantitative estimate of drug-likeness (QED) is 0.497. The molecule has 0 bridgehead atoms. The fraction of sp³-hybridized carbons (Fsp3) is 0.318. The van der Waals surface area contributed by atoms with E-state index in [4.69, 9.17) is 22.3 Å². The van der Waals surface area contributed by atoms with Gasteiger partial charge in [0, 0.05) is 15.8 Å². The van der Waals surface area contributed by atoms with E-state index in [9.17, 15) is 9.59 Å². The number of likely N-dealkylation sites (tertiary alicyclic amines) is 1. The standard InChI is InChI=1S/C22H23ClN4O2S2/c23-15-5-6-19-17(11-15)26-22(31-19)14-7-9-27(10-8-14)12-21(29)25-16-3-1-2-4-18(16)30-13-20(24)28/h1-6,11,14H,7-10,12-13H2,(H2,24,28)(H,25,29). The van der Waals surface area contributed by atoms with Crippen LogP contribution in [0, 0.1) is 0 Å². The van der Waals surface area contributed by atoms with Gasteiger partial charge in [-0.2, -0.15) is 0 Å². The first-order valence-electron chi connectivity index (χ1n) is 10.1. The van der Waals surface area contributed by atoms with Crippen molar-refractivity contribution in [2.24, 2.45) is 5.73 Å². The van der Waals surface area contributed by atoms with Crippen LogP contribution in [0.1, 0.15) is 23.8 Å². The molecule has 9 heteroatoms. The number of thioether (sulfide) groups is 1. The van der Waals surface area contributed by atoms with Gasteiger partial charge >= 0.3 is 0 Å². The highest BCUT2D eigenvalue weighted by atomic mass is 35.5. The maximum absolute atomic E-state index is 12.6. The number of primary amides is 1. The van der Waals surface area contributed by atoms with Crippen molar-refractivity contribution in [3.05, 3.63) is 52.5 Å². The second kappa shape index (κ2) is 9.99. The van der Waals surface area contributed by atoms with E-state index in [1.807, 2.05) is 42.5 Å². The van der Waals surface area contributed by atoms with Gasteiger partial charge in [-0.25, -0.2) is 4.98 Å². The summed E-state index contributed by atoms with van der Waals surface area (Å²) < 4.78 is 1.16. The Kier molecular flexibility index (Phi) is 7.12. The third-order valence-electron chi connectivity index (χ3n) is 5.20.